The fourth-order valence-electron chi connectivity index (χ4n) is 1.37. The van der Waals surface area contributed by atoms with Gasteiger partial charge in [-0.25, -0.2) is 4.39 Å². The second-order valence-electron chi connectivity index (χ2n) is 4.15. The normalized spacial score (nSPS) is 12.8. The highest BCUT2D eigenvalue weighted by Crippen LogP contribution is 2.24. The lowest BCUT2D eigenvalue weighted by molar-refractivity contribution is 0.618. The van der Waals surface area contributed by atoms with Crippen molar-refractivity contribution >= 4 is 11.8 Å². The molecule has 0 fully saturated rings. The first kappa shape index (κ1) is 13.5. The minimum absolute atomic E-state index is 0.139. The second kappa shape index (κ2) is 6.92. The standard InChI is InChI=1S/C13H20FNS/c1-4-10(2)9-16-13-6-11(8-15-3)5-12(14)7-13/h5-7,10,15H,4,8-9H2,1-3H3. The summed E-state index contributed by atoms with van der Waals surface area (Å²) in [6.07, 6.45) is 1.17. The summed E-state index contributed by atoms with van der Waals surface area (Å²) in [4.78, 5) is 1.03. The Morgan fingerprint density at radius 3 is 2.75 bits per heavy atom. The van der Waals surface area contributed by atoms with Crippen LogP contribution in [0.2, 0.25) is 0 Å². The van der Waals surface area contributed by atoms with Gasteiger partial charge >= 0.3 is 0 Å². The molecule has 1 unspecified atom stereocenters. The highest BCUT2D eigenvalue weighted by Gasteiger charge is 2.04. The van der Waals surface area contributed by atoms with Crippen LogP contribution in [0.4, 0.5) is 4.39 Å². The molecule has 1 rings (SSSR count). The van der Waals surface area contributed by atoms with Crippen molar-refractivity contribution in [2.75, 3.05) is 12.8 Å². The van der Waals surface area contributed by atoms with Crippen molar-refractivity contribution in [2.45, 2.75) is 31.7 Å². The highest BCUT2D eigenvalue weighted by atomic mass is 32.2. The number of thioether (sulfide) groups is 1. The van der Waals surface area contributed by atoms with Crippen LogP contribution in [-0.2, 0) is 6.54 Å². The Kier molecular flexibility index (Phi) is 5.85. The van der Waals surface area contributed by atoms with Crippen LogP contribution in [0.25, 0.3) is 0 Å². The Hall–Kier alpha value is -0.540. The number of hydrogen-bond acceptors (Lipinski definition) is 2. The van der Waals surface area contributed by atoms with E-state index in [1.165, 1.54) is 6.42 Å². The predicted molar refractivity (Wildman–Crippen MR) is 69.3 cm³/mol. The molecule has 1 N–H and O–H groups in total. The van der Waals surface area contributed by atoms with Crippen LogP contribution in [0.5, 0.6) is 0 Å². The van der Waals surface area contributed by atoms with E-state index < -0.39 is 0 Å². The zero-order chi connectivity index (χ0) is 12.0. The topological polar surface area (TPSA) is 12.0 Å². The molecular formula is C13H20FNS. The van der Waals surface area contributed by atoms with E-state index in [-0.39, 0.29) is 5.82 Å². The largest absolute Gasteiger partial charge is 0.316 e. The van der Waals surface area contributed by atoms with Crippen LogP contribution in [0.1, 0.15) is 25.8 Å². The van der Waals surface area contributed by atoms with Gasteiger partial charge in [0.15, 0.2) is 0 Å². The van der Waals surface area contributed by atoms with Gasteiger partial charge in [-0.3, -0.25) is 0 Å². The minimum Gasteiger partial charge on any atom is -0.316 e. The van der Waals surface area contributed by atoms with Crippen molar-refractivity contribution in [1.82, 2.24) is 5.32 Å². The third-order valence-corrected chi connectivity index (χ3v) is 3.85. The van der Waals surface area contributed by atoms with Gasteiger partial charge in [0, 0.05) is 17.2 Å². The van der Waals surface area contributed by atoms with Gasteiger partial charge in [0.05, 0.1) is 0 Å². The van der Waals surface area contributed by atoms with Crippen LogP contribution in [0.15, 0.2) is 23.1 Å². The molecule has 1 nitrogen and oxygen atoms in total. The summed E-state index contributed by atoms with van der Waals surface area (Å²) in [7, 11) is 1.87. The van der Waals surface area contributed by atoms with Crippen molar-refractivity contribution in [3.05, 3.63) is 29.6 Å². The SMILES string of the molecule is CCC(C)CSc1cc(F)cc(CNC)c1. The first-order valence-corrected chi connectivity index (χ1v) is 6.71. The molecule has 0 aliphatic carbocycles. The van der Waals surface area contributed by atoms with Crippen molar-refractivity contribution in [1.29, 1.82) is 0 Å². The first-order valence-electron chi connectivity index (χ1n) is 5.72. The Labute approximate surface area is 102 Å². The maximum absolute atomic E-state index is 13.3. The zero-order valence-electron chi connectivity index (χ0n) is 10.2. The quantitative estimate of drug-likeness (QED) is 0.762. The van der Waals surface area contributed by atoms with Crippen molar-refractivity contribution in [3.63, 3.8) is 0 Å². The van der Waals surface area contributed by atoms with Crippen molar-refractivity contribution < 1.29 is 4.39 Å². The van der Waals surface area contributed by atoms with E-state index in [2.05, 4.69) is 25.2 Å². The van der Waals surface area contributed by atoms with Gasteiger partial charge < -0.3 is 5.32 Å². The Bertz CT molecular complexity index is 328. The summed E-state index contributed by atoms with van der Waals surface area (Å²) in [6.45, 7) is 5.12. The third-order valence-electron chi connectivity index (χ3n) is 2.54. The summed E-state index contributed by atoms with van der Waals surface area (Å²) < 4.78 is 13.3. The molecule has 0 amide bonds. The number of benzene rings is 1. The molecular weight excluding hydrogens is 221 g/mol. The van der Waals surface area contributed by atoms with Gasteiger partial charge in [0.25, 0.3) is 0 Å². The molecule has 0 bridgehead atoms. The number of halogens is 1. The summed E-state index contributed by atoms with van der Waals surface area (Å²) >= 11 is 1.74. The van der Waals surface area contributed by atoms with Gasteiger partial charge in [-0.05, 0) is 36.7 Å². The zero-order valence-corrected chi connectivity index (χ0v) is 11.0. The van der Waals surface area contributed by atoms with Crippen LogP contribution in [0, 0.1) is 11.7 Å². The van der Waals surface area contributed by atoms with Gasteiger partial charge in [0.1, 0.15) is 5.82 Å². The minimum atomic E-state index is -0.139. The van der Waals surface area contributed by atoms with E-state index in [1.54, 1.807) is 23.9 Å². The number of rotatable bonds is 6. The van der Waals surface area contributed by atoms with Crippen LogP contribution in [0.3, 0.4) is 0 Å². The van der Waals surface area contributed by atoms with Gasteiger partial charge in [-0.15, -0.1) is 11.8 Å². The number of hydrogen-bond donors (Lipinski definition) is 1. The lowest BCUT2D eigenvalue weighted by atomic mass is 10.2. The fraction of sp³-hybridized carbons (Fsp3) is 0.538. The average molecular weight is 241 g/mol. The maximum Gasteiger partial charge on any atom is 0.124 e. The van der Waals surface area contributed by atoms with E-state index in [0.717, 1.165) is 16.2 Å². The maximum atomic E-state index is 13.3. The molecule has 1 atom stereocenters. The first-order chi connectivity index (χ1) is 7.65. The molecule has 0 radical (unpaired) electrons. The lowest BCUT2D eigenvalue weighted by Crippen LogP contribution is -2.05. The second-order valence-corrected chi connectivity index (χ2v) is 5.24. The van der Waals surface area contributed by atoms with Crippen LogP contribution in [-0.4, -0.2) is 12.8 Å². The van der Waals surface area contributed by atoms with Crippen molar-refractivity contribution in [2.24, 2.45) is 5.92 Å². The predicted octanol–water partition coefficient (Wildman–Crippen LogP) is 3.68. The van der Waals surface area contributed by atoms with E-state index >= 15 is 0 Å². The summed E-state index contributed by atoms with van der Waals surface area (Å²) in [5.74, 6) is 1.60. The third kappa shape index (κ3) is 4.54. The van der Waals surface area contributed by atoms with Crippen molar-refractivity contribution in [3.8, 4) is 0 Å². The fourth-order valence-corrected chi connectivity index (χ4v) is 2.51. The van der Waals surface area contributed by atoms with E-state index in [1.807, 2.05) is 7.05 Å². The molecule has 0 heterocycles. The molecule has 0 aliphatic rings. The average Bonchev–Trinajstić information content (AvgIpc) is 2.25. The van der Waals surface area contributed by atoms with E-state index in [0.29, 0.717) is 12.5 Å². The monoisotopic (exact) mass is 241 g/mol. The molecule has 0 saturated carbocycles. The van der Waals surface area contributed by atoms with Gasteiger partial charge in [-0.1, -0.05) is 20.3 Å². The molecule has 0 saturated heterocycles. The molecule has 1 aromatic carbocycles. The molecule has 3 heteroatoms. The molecule has 0 spiro atoms. The summed E-state index contributed by atoms with van der Waals surface area (Å²) in [5, 5.41) is 3.04. The smallest absolute Gasteiger partial charge is 0.124 e. The Morgan fingerprint density at radius 2 is 2.12 bits per heavy atom. The van der Waals surface area contributed by atoms with E-state index in [9.17, 15) is 4.39 Å². The molecule has 1 aromatic rings. The molecule has 16 heavy (non-hydrogen) atoms. The Balaban J connectivity index is 2.64. The molecule has 90 valence electrons. The number of nitrogens with one attached hydrogen (secondary N) is 1. The van der Waals surface area contributed by atoms with E-state index in [4.69, 9.17) is 0 Å². The van der Waals surface area contributed by atoms with Gasteiger partial charge in [0.2, 0.25) is 0 Å². The van der Waals surface area contributed by atoms with Gasteiger partial charge in [-0.2, -0.15) is 0 Å². The van der Waals surface area contributed by atoms with Crippen LogP contribution < -0.4 is 5.32 Å². The lowest BCUT2D eigenvalue weighted by Gasteiger charge is -2.09. The summed E-state index contributed by atoms with van der Waals surface area (Å²) in [5.41, 5.74) is 1.01. The highest BCUT2D eigenvalue weighted by molar-refractivity contribution is 7.99. The summed E-state index contributed by atoms with van der Waals surface area (Å²) in [6, 6.07) is 5.27. The van der Waals surface area contributed by atoms with Crippen LogP contribution >= 0.6 is 11.8 Å². The Morgan fingerprint density at radius 1 is 1.38 bits per heavy atom. The molecule has 0 aromatic heterocycles. The molecule has 0 aliphatic heterocycles.